The zero-order valence-corrected chi connectivity index (χ0v) is 13.9. The first-order valence-electron chi connectivity index (χ1n) is 7.16. The van der Waals surface area contributed by atoms with E-state index in [1.807, 2.05) is 0 Å². The fraction of sp³-hybridized carbons (Fsp3) is 0.412. The van der Waals surface area contributed by atoms with Gasteiger partial charge in [0.05, 0.1) is 12.7 Å². The van der Waals surface area contributed by atoms with Crippen molar-refractivity contribution in [3.8, 4) is 11.8 Å². The summed E-state index contributed by atoms with van der Waals surface area (Å²) in [7, 11) is 1.29. The molecule has 1 aromatic carbocycles. The number of anilines is 1. The maximum absolute atomic E-state index is 11.5. The number of esters is 1. The number of amides is 1. The van der Waals surface area contributed by atoms with Crippen LogP contribution in [-0.4, -0.2) is 31.3 Å². The number of carbonyl (C=O) groups excluding carboxylic acids is 2. The lowest BCUT2D eigenvalue weighted by atomic mass is 10.1. The second-order valence-corrected chi connectivity index (χ2v) is 5.77. The van der Waals surface area contributed by atoms with Crippen LogP contribution in [0.15, 0.2) is 18.2 Å². The van der Waals surface area contributed by atoms with E-state index in [1.54, 1.807) is 39.0 Å². The molecule has 0 saturated heterocycles. The number of nitrogens with two attached hydrogens (primary N) is 1. The van der Waals surface area contributed by atoms with Crippen LogP contribution >= 0.6 is 0 Å². The van der Waals surface area contributed by atoms with Crippen molar-refractivity contribution < 1.29 is 19.1 Å². The number of hydrogen-bond acceptors (Lipinski definition) is 5. The third-order valence-corrected chi connectivity index (χ3v) is 2.61. The number of nitrogens with one attached hydrogen (secondary N) is 1. The van der Waals surface area contributed by atoms with Crippen LogP contribution in [0.2, 0.25) is 0 Å². The summed E-state index contributed by atoms with van der Waals surface area (Å²) in [5, 5.41) is 2.62. The van der Waals surface area contributed by atoms with Gasteiger partial charge in [-0.25, -0.2) is 9.59 Å². The van der Waals surface area contributed by atoms with Crippen molar-refractivity contribution in [2.45, 2.75) is 32.8 Å². The Morgan fingerprint density at radius 1 is 1.30 bits per heavy atom. The standard InChI is InChI=1S/C17H22N2O4/c1-17(2,3)23-16(21)19-10-6-5-7-12-8-9-14(18)13(11-12)15(20)22-4/h8-9,11H,6,10,18H2,1-4H3,(H,19,21). The first-order chi connectivity index (χ1) is 10.7. The lowest BCUT2D eigenvalue weighted by molar-refractivity contribution is 0.0527. The van der Waals surface area contributed by atoms with Crippen LogP contribution in [0.1, 0.15) is 43.1 Å². The van der Waals surface area contributed by atoms with E-state index < -0.39 is 17.7 Å². The molecule has 0 aliphatic heterocycles. The molecule has 1 aromatic rings. The number of carbonyl (C=O) groups is 2. The quantitative estimate of drug-likeness (QED) is 0.386. The van der Waals surface area contributed by atoms with E-state index >= 15 is 0 Å². The van der Waals surface area contributed by atoms with Crippen molar-refractivity contribution in [1.82, 2.24) is 5.32 Å². The number of ether oxygens (including phenoxy) is 2. The van der Waals surface area contributed by atoms with E-state index in [9.17, 15) is 9.59 Å². The number of benzene rings is 1. The van der Waals surface area contributed by atoms with Gasteiger partial charge in [-0.3, -0.25) is 0 Å². The lowest BCUT2D eigenvalue weighted by Gasteiger charge is -2.19. The van der Waals surface area contributed by atoms with Crippen LogP contribution in [0.25, 0.3) is 0 Å². The Morgan fingerprint density at radius 2 is 2.00 bits per heavy atom. The topological polar surface area (TPSA) is 90.6 Å². The molecule has 23 heavy (non-hydrogen) atoms. The van der Waals surface area contributed by atoms with E-state index in [-0.39, 0.29) is 5.56 Å². The maximum atomic E-state index is 11.5. The first kappa shape index (κ1) is 18.4. The largest absolute Gasteiger partial charge is 0.465 e. The van der Waals surface area contributed by atoms with Crippen molar-refractivity contribution >= 4 is 17.7 Å². The summed E-state index contributed by atoms with van der Waals surface area (Å²) in [6.45, 7) is 5.77. The molecular formula is C17H22N2O4. The number of methoxy groups -OCH3 is 1. The van der Waals surface area contributed by atoms with Gasteiger partial charge in [-0.15, -0.1) is 0 Å². The van der Waals surface area contributed by atoms with Gasteiger partial charge in [-0.2, -0.15) is 0 Å². The Labute approximate surface area is 136 Å². The van der Waals surface area contributed by atoms with Crippen LogP contribution in [0.3, 0.4) is 0 Å². The van der Waals surface area contributed by atoms with E-state index in [0.29, 0.717) is 24.2 Å². The van der Waals surface area contributed by atoms with E-state index in [1.165, 1.54) is 7.11 Å². The van der Waals surface area contributed by atoms with Crippen LogP contribution in [-0.2, 0) is 9.47 Å². The molecular weight excluding hydrogens is 296 g/mol. The van der Waals surface area contributed by atoms with Crippen molar-refractivity contribution in [3.63, 3.8) is 0 Å². The molecule has 124 valence electrons. The Morgan fingerprint density at radius 3 is 2.61 bits per heavy atom. The van der Waals surface area contributed by atoms with Crippen molar-refractivity contribution in [2.24, 2.45) is 0 Å². The highest BCUT2D eigenvalue weighted by molar-refractivity contribution is 5.95. The SMILES string of the molecule is COC(=O)c1cc(C#CCCNC(=O)OC(C)(C)C)ccc1N. The predicted octanol–water partition coefficient (Wildman–Crippen LogP) is 2.32. The zero-order valence-electron chi connectivity index (χ0n) is 13.9. The average molecular weight is 318 g/mol. The second kappa shape index (κ2) is 8.08. The maximum Gasteiger partial charge on any atom is 0.407 e. The monoisotopic (exact) mass is 318 g/mol. The van der Waals surface area contributed by atoms with Crippen LogP contribution in [0.4, 0.5) is 10.5 Å². The molecule has 0 unspecified atom stereocenters. The van der Waals surface area contributed by atoms with E-state index in [2.05, 4.69) is 21.9 Å². The minimum absolute atomic E-state index is 0.283. The molecule has 0 aliphatic carbocycles. The highest BCUT2D eigenvalue weighted by atomic mass is 16.6. The summed E-state index contributed by atoms with van der Waals surface area (Å²) in [6.07, 6.45) is -0.0169. The van der Waals surface area contributed by atoms with Gasteiger partial charge in [0.1, 0.15) is 5.60 Å². The van der Waals surface area contributed by atoms with Gasteiger partial charge in [0.25, 0.3) is 0 Å². The van der Waals surface area contributed by atoms with Crippen LogP contribution in [0, 0.1) is 11.8 Å². The molecule has 0 radical (unpaired) electrons. The molecule has 0 saturated carbocycles. The van der Waals surface area contributed by atoms with E-state index in [4.69, 9.17) is 10.5 Å². The van der Waals surface area contributed by atoms with Gasteiger partial charge in [-0.05, 0) is 39.0 Å². The van der Waals surface area contributed by atoms with Gasteiger partial charge in [0.15, 0.2) is 0 Å². The number of nitrogen functional groups attached to an aromatic ring is 1. The molecule has 0 spiro atoms. The fourth-order valence-corrected chi connectivity index (χ4v) is 1.63. The highest BCUT2D eigenvalue weighted by Gasteiger charge is 2.15. The zero-order chi connectivity index (χ0) is 17.5. The third kappa shape index (κ3) is 6.74. The molecule has 0 heterocycles. The van der Waals surface area contributed by atoms with Gasteiger partial charge in [0.2, 0.25) is 0 Å². The molecule has 3 N–H and O–H groups in total. The minimum atomic E-state index is -0.524. The Bertz CT molecular complexity index is 636. The summed E-state index contributed by atoms with van der Waals surface area (Å²) in [5.74, 6) is 5.32. The van der Waals surface area contributed by atoms with Gasteiger partial charge >= 0.3 is 12.1 Å². The number of rotatable bonds is 3. The molecule has 6 heteroatoms. The normalized spacial score (nSPS) is 10.3. The molecule has 0 aliphatic rings. The summed E-state index contributed by atoms with van der Waals surface area (Å²) >= 11 is 0. The Kier molecular flexibility index (Phi) is 6.46. The second-order valence-electron chi connectivity index (χ2n) is 5.77. The van der Waals surface area contributed by atoms with Crippen LogP contribution in [0.5, 0.6) is 0 Å². The van der Waals surface area contributed by atoms with E-state index in [0.717, 1.165) is 0 Å². The van der Waals surface area contributed by atoms with Crippen molar-refractivity contribution in [3.05, 3.63) is 29.3 Å². The molecule has 6 nitrogen and oxygen atoms in total. The molecule has 0 bridgehead atoms. The predicted molar refractivity (Wildman–Crippen MR) is 87.9 cm³/mol. The number of alkyl carbamates (subject to hydrolysis) is 1. The number of hydrogen-bond donors (Lipinski definition) is 2. The van der Waals surface area contributed by atoms with Crippen LogP contribution < -0.4 is 11.1 Å². The van der Waals surface area contributed by atoms with Crippen molar-refractivity contribution in [1.29, 1.82) is 0 Å². The molecule has 0 atom stereocenters. The Balaban J connectivity index is 2.54. The van der Waals surface area contributed by atoms with Crippen molar-refractivity contribution in [2.75, 3.05) is 19.4 Å². The summed E-state index contributed by atoms with van der Waals surface area (Å²) < 4.78 is 9.76. The molecule has 1 rings (SSSR count). The molecule has 0 fully saturated rings. The fourth-order valence-electron chi connectivity index (χ4n) is 1.63. The van der Waals surface area contributed by atoms with Gasteiger partial charge in [0, 0.05) is 24.2 Å². The third-order valence-electron chi connectivity index (χ3n) is 2.61. The summed E-state index contributed by atoms with van der Waals surface area (Å²) in [5.41, 5.74) is 6.47. The molecule has 0 aromatic heterocycles. The summed E-state index contributed by atoms with van der Waals surface area (Å²) in [4.78, 5) is 23.0. The smallest absolute Gasteiger partial charge is 0.407 e. The average Bonchev–Trinajstić information content (AvgIpc) is 2.45. The summed E-state index contributed by atoms with van der Waals surface area (Å²) in [6, 6.07) is 4.90. The van der Waals surface area contributed by atoms with Gasteiger partial charge in [-0.1, -0.05) is 11.8 Å². The van der Waals surface area contributed by atoms with Gasteiger partial charge < -0.3 is 20.5 Å². The minimum Gasteiger partial charge on any atom is -0.465 e. The Hall–Kier alpha value is -2.68. The first-order valence-corrected chi connectivity index (χ1v) is 7.16. The molecule has 1 amide bonds. The highest BCUT2D eigenvalue weighted by Crippen LogP contribution is 2.14. The lowest BCUT2D eigenvalue weighted by Crippen LogP contribution is -2.32.